The summed E-state index contributed by atoms with van der Waals surface area (Å²) in [7, 11) is -3.60. The van der Waals surface area contributed by atoms with Crippen LogP contribution < -0.4 is 4.72 Å². The van der Waals surface area contributed by atoms with Crippen LogP contribution in [0, 0.1) is 0 Å². The van der Waals surface area contributed by atoms with Crippen molar-refractivity contribution in [2.45, 2.75) is 110 Å². The van der Waals surface area contributed by atoms with Crippen molar-refractivity contribution in [3.05, 3.63) is 0 Å². The van der Waals surface area contributed by atoms with Crippen LogP contribution in [0.5, 0.6) is 0 Å². The first-order chi connectivity index (χ1) is 12.5. The van der Waals surface area contributed by atoms with Crippen LogP contribution >= 0.6 is 0 Å². The van der Waals surface area contributed by atoms with E-state index in [9.17, 15) is 18.0 Å². The van der Waals surface area contributed by atoms with Gasteiger partial charge in [-0.1, -0.05) is 84.0 Å². The summed E-state index contributed by atoms with van der Waals surface area (Å²) in [6.45, 7) is 2.24. The van der Waals surface area contributed by atoms with Gasteiger partial charge in [0, 0.05) is 12.8 Å². The molecule has 0 atom stereocenters. The van der Waals surface area contributed by atoms with E-state index >= 15 is 0 Å². The molecule has 0 fully saturated rings. The molecular weight excluding hydrogens is 350 g/mol. The molecule has 5 nitrogen and oxygen atoms in total. The molecule has 0 spiro atoms. The Balaban J connectivity index is 3.41. The van der Waals surface area contributed by atoms with Gasteiger partial charge in [-0.3, -0.25) is 14.3 Å². The molecule has 1 N–H and O–H groups in total. The molecule has 0 aliphatic carbocycles. The summed E-state index contributed by atoms with van der Waals surface area (Å²) in [5, 5.41) is 0. The Hall–Kier alpha value is -0.910. The van der Waals surface area contributed by atoms with Crippen molar-refractivity contribution in [3.63, 3.8) is 0 Å². The van der Waals surface area contributed by atoms with Gasteiger partial charge >= 0.3 is 0 Å². The second-order valence-electron chi connectivity index (χ2n) is 7.08. The van der Waals surface area contributed by atoms with Gasteiger partial charge in [0.05, 0.1) is 5.75 Å². The van der Waals surface area contributed by atoms with Gasteiger partial charge in [-0.15, -0.1) is 0 Å². The number of amides is 1. The van der Waals surface area contributed by atoms with Crippen molar-refractivity contribution < 1.29 is 18.0 Å². The largest absolute Gasteiger partial charge is 0.291 e. The highest BCUT2D eigenvalue weighted by Gasteiger charge is 2.13. The van der Waals surface area contributed by atoms with Gasteiger partial charge in [0.25, 0.3) is 0 Å². The van der Waals surface area contributed by atoms with Crippen LogP contribution in [0.3, 0.4) is 0 Å². The Morgan fingerprint density at radius 3 is 1.69 bits per heavy atom. The van der Waals surface area contributed by atoms with E-state index in [1.54, 1.807) is 6.29 Å². The normalized spacial score (nSPS) is 11.4. The fourth-order valence-corrected chi connectivity index (χ4v) is 3.99. The van der Waals surface area contributed by atoms with Gasteiger partial charge in [0.15, 0.2) is 6.29 Å². The Morgan fingerprint density at radius 1 is 0.769 bits per heavy atom. The van der Waals surface area contributed by atoms with Crippen molar-refractivity contribution in [2.24, 2.45) is 0 Å². The third-order valence-corrected chi connectivity index (χ3v) is 5.83. The van der Waals surface area contributed by atoms with Crippen LogP contribution in [0.15, 0.2) is 0 Å². The smallest absolute Gasteiger partial charge is 0.234 e. The third kappa shape index (κ3) is 17.9. The van der Waals surface area contributed by atoms with Gasteiger partial charge in [-0.25, -0.2) is 8.42 Å². The average molecular weight is 389 g/mol. The molecule has 26 heavy (non-hydrogen) atoms. The fraction of sp³-hybridized carbons (Fsp3) is 0.900. The minimum Gasteiger partial charge on any atom is -0.291 e. The summed E-state index contributed by atoms with van der Waals surface area (Å²) in [4.78, 5) is 21.7. The van der Waals surface area contributed by atoms with Crippen molar-refractivity contribution in [2.75, 3.05) is 5.75 Å². The zero-order valence-electron chi connectivity index (χ0n) is 16.6. The van der Waals surface area contributed by atoms with E-state index in [-0.39, 0.29) is 25.0 Å². The van der Waals surface area contributed by atoms with Crippen LogP contribution in [-0.4, -0.2) is 26.4 Å². The summed E-state index contributed by atoms with van der Waals surface area (Å²) in [5.41, 5.74) is 0. The summed E-state index contributed by atoms with van der Waals surface area (Å²) in [5.74, 6) is -0.643. The number of carbonyl (C=O) groups excluding carboxylic acids is 2. The van der Waals surface area contributed by atoms with E-state index in [4.69, 9.17) is 0 Å². The molecule has 0 rings (SSSR count). The molecular formula is C20H38NO4S. The minimum absolute atomic E-state index is 0.0773. The molecule has 1 amide bonds. The Bertz CT molecular complexity index is 449. The van der Waals surface area contributed by atoms with E-state index in [0.717, 1.165) is 19.3 Å². The monoisotopic (exact) mass is 388 g/mol. The highest BCUT2D eigenvalue weighted by Crippen LogP contribution is 2.13. The van der Waals surface area contributed by atoms with Gasteiger partial charge < -0.3 is 0 Å². The average Bonchev–Trinajstić information content (AvgIpc) is 2.58. The van der Waals surface area contributed by atoms with E-state index in [1.165, 1.54) is 64.2 Å². The van der Waals surface area contributed by atoms with Crippen LogP contribution in [0.1, 0.15) is 110 Å². The van der Waals surface area contributed by atoms with Crippen LogP contribution in [0.25, 0.3) is 0 Å². The lowest BCUT2D eigenvalue weighted by molar-refractivity contribution is -0.119. The van der Waals surface area contributed by atoms with Crippen molar-refractivity contribution in [3.8, 4) is 0 Å². The topological polar surface area (TPSA) is 80.3 Å². The molecule has 0 unspecified atom stereocenters. The lowest BCUT2D eigenvalue weighted by Crippen LogP contribution is -2.32. The van der Waals surface area contributed by atoms with Gasteiger partial charge in [-0.05, 0) is 12.8 Å². The first kappa shape index (κ1) is 25.1. The SMILES string of the molecule is CCCCCCCCCCCCCCCC(=O)NS(=O)(=O)CCC[C]=O. The summed E-state index contributed by atoms with van der Waals surface area (Å²) in [6.07, 6.45) is 18.2. The predicted molar refractivity (Wildman–Crippen MR) is 107 cm³/mol. The lowest BCUT2D eigenvalue weighted by atomic mass is 10.0. The molecule has 6 heteroatoms. The van der Waals surface area contributed by atoms with E-state index < -0.39 is 15.9 Å². The van der Waals surface area contributed by atoms with Crippen LogP contribution in [0.4, 0.5) is 0 Å². The molecule has 0 heterocycles. The van der Waals surface area contributed by atoms with Crippen molar-refractivity contribution in [1.82, 2.24) is 4.72 Å². The number of nitrogens with one attached hydrogen (secondary N) is 1. The molecule has 0 saturated heterocycles. The number of hydrogen-bond acceptors (Lipinski definition) is 4. The maximum absolute atomic E-state index is 11.6. The van der Waals surface area contributed by atoms with Crippen LogP contribution in [0.2, 0.25) is 0 Å². The third-order valence-electron chi connectivity index (χ3n) is 4.47. The molecule has 0 aromatic rings. The molecule has 153 valence electrons. The zero-order chi connectivity index (χ0) is 19.5. The number of carbonyl (C=O) groups is 1. The standard InChI is InChI=1S/C20H38NO4S/c1-2-3-4-5-6-7-8-9-10-11-12-13-14-17-20(23)21-26(24,25)19-16-15-18-22/h2-17,19H2,1H3,(H,21,23). The summed E-state index contributed by atoms with van der Waals surface area (Å²) >= 11 is 0. The second-order valence-corrected chi connectivity index (χ2v) is 8.93. The second kappa shape index (κ2) is 17.5. The first-order valence-corrected chi connectivity index (χ1v) is 12.1. The summed E-state index contributed by atoms with van der Waals surface area (Å²) in [6, 6.07) is 0. The molecule has 0 bridgehead atoms. The highest BCUT2D eigenvalue weighted by atomic mass is 32.2. The van der Waals surface area contributed by atoms with Gasteiger partial charge in [-0.2, -0.15) is 0 Å². The maximum Gasteiger partial charge on any atom is 0.234 e. The maximum atomic E-state index is 11.6. The molecule has 0 aliphatic rings. The van der Waals surface area contributed by atoms with E-state index in [0.29, 0.717) is 0 Å². The first-order valence-electron chi connectivity index (χ1n) is 10.4. The number of hydrogen-bond donors (Lipinski definition) is 1. The molecule has 0 aromatic heterocycles. The van der Waals surface area contributed by atoms with Gasteiger partial charge in [0.2, 0.25) is 15.9 Å². The molecule has 0 aromatic carbocycles. The molecule has 1 radical (unpaired) electrons. The highest BCUT2D eigenvalue weighted by molar-refractivity contribution is 7.90. The Labute approximate surface area is 160 Å². The van der Waals surface area contributed by atoms with E-state index in [2.05, 4.69) is 11.6 Å². The van der Waals surface area contributed by atoms with Crippen molar-refractivity contribution in [1.29, 1.82) is 0 Å². The van der Waals surface area contributed by atoms with Gasteiger partial charge in [0.1, 0.15) is 0 Å². The number of unbranched alkanes of at least 4 members (excludes halogenated alkanes) is 13. The minimum atomic E-state index is -3.60. The quantitative estimate of drug-likeness (QED) is 0.322. The molecule has 0 aliphatic heterocycles. The molecule has 0 saturated carbocycles. The number of rotatable bonds is 19. The zero-order valence-corrected chi connectivity index (χ0v) is 17.4. The van der Waals surface area contributed by atoms with Crippen LogP contribution in [-0.2, 0) is 19.6 Å². The van der Waals surface area contributed by atoms with E-state index in [1.807, 2.05) is 0 Å². The number of sulfonamides is 1. The fourth-order valence-electron chi connectivity index (χ4n) is 2.91. The Morgan fingerprint density at radius 2 is 1.23 bits per heavy atom. The predicted octanol–water partition coefficient (Wildman–Crippen LogP) is 4.80. The summed E-state index contributed by atoms with van der Waals surface area (Å²) < 4.78 is 25.2. The van der Waals surface area contributed by atoms with Crippen molar-refractivity contribution >= 4 is 22.2 Å². The lowest BCUT2D eigenvalue weighted by Gasteiger charge is -2.06. The Kier molecular flexibility index (Phi) is 16.9.